The van der Waals surface area contributed by atoms with Gasteiger partial charge in [-0.1, -0.05) is 0 Å². The number of hydrogen-bond donors (Lipinski definition) is 0. The average molecular weight is 321 g/mol. The fraction of sp³-hybridized carbons (Fsp3) is 0.400. The van der Waals surface area contributed by atoms with Crippen molar-refractivity contribution in [2.45, 2.75) is 39.6 Å². The van der Waals surface area contributed by atoms with Gasteiger partial charge in [0, 0.05) is 6.20 Å². The second kappa shape index (κ2) is 5.39. The molecule has 3 rings (SSSR count). The number of hydrogen-bond acceptors (Lipinski definition) is 4. The first-order valence-electron chi connectivity index (χ1n) is 6.84. The highest BCUT2D eigenvalue weighted by molar-refractivity contribution is 7.11. The maximum atomic E-state index is 6.10. The highest BCUT2D eigenvalue weighted by Crippen LogP contribution is 2.31. The highest BCUT2D eigenvalue weighted by Gasteiger charge is 2.21. The zero-order valence-electron chi connectivity index (χ0n) is 12.5. The van der Waals surface area contributed by atoms with Crippen molar-refractivity contribution in [2.75, 3.05) is 0 Å². The first kappa shape index (κ1) is 14.5. The van der Waals surface area contributed by atoms with Crippen molar-refractivity contribution in [2.24, 2.45) is 0 Å². The molecule has 4 nitrogen and oxygen atoms in total. The van der Waals surface area contributed by atoms with Crippen molar-refractivity contribution >= 4 is 34.1 Å². The fourth-order valence-electron chi connectivity index (χ4n) is 2.68. The van der Waals surface area contributed by atoms with E-state index in [1.54, 1.807) is 11.3 Å². The number of fused-ring (bicyclic) bond motifs is 1. The van der Waals surface area contributed by atoms with Gasteiger partial charge >= 0.3 is 0 Å². The molecule has 0 amide bonds. The maximum absolute atomic E-state index is 6.10. The molecule has 0 saturated heterocycles. The maximum Gasteiger partial charge on any atom is 0.160 e. The van der Waals surface area contributed by atoms with Crippen molar-refractivity contribution < 1.29 is 0 Å². The molecule has 0 radical (unpaired) electrons. The monoisotopic (exact) mass is 320 g/mol. The Labute approximate surface area is 132 Å². The third-order valence-corrected chi connectivity index (χ3v) is 5.05. The molecule has 0 N–H and O–H groups in total. The molecule has 1 atom stereocenters. The summed E-state index contributed by atoms with van der Waals surface area (Å²) >= 11 is 7.82. The first-order valence-corrected chi connectivity index (χ1v) is 8.19. The molecule has 3 aromatic heterocycles. The third kappa shape index (κ3) is 2.45. The minimum Gasteiger partial charge on any atom is -0.303 e. The predicted octanol–water partition coefficient (Wildman–Crippen LogP) is 4.16. The molecule has 3 aromatic rings. The van der Waals surface area contributed by atoms with Crippen LogP contribution in [0.3, 0.4) is 0 Å². The van der Waals surface area contributed by atoms with Crippen LogP contribution < -0.4 is 0 Å². The van der Waals surface area contributed by atoms with Crippen molar-refractivity contribution in [3.8, 4) is 0 Å². The van der Waals surface area contributed by atoms with E-state index in [1.165, 1.54) is 4.88 Å². The number of aromatic nitrogens is 4. The lowest BCUT2D eigenvalue weighted by molar-refractivity contribution is 0.634. The van der Waals surface area contributed by atoms with Gasteiger partial charge in [-0.25, -0.2) is 15.0 Å². The van der Waals surface area contributed by atoms with E-state index in [0.717, 1.165) is 33.3 Å². The van der Waals surface area contributed by atoms with Crippen LogP contribution in [0.5, 0.6) is 0 Å². The topological polar surface area (TPSA) is 43.6 Å². The summed E-state index contributed by atoms with van der Waals surface area (Å²) in [5.74, 6) is 1.22. The van der Waals surface area contributed by atoms with Gasteiger partial charge in [-0.2, -0.15) is 0 Å². The molecule has 0 aromatic carbocycles. The molecular weight excluding hydrogens is 304 g/mol. The van der Waals surface area contributed by atoms with Crippen LogP contribution in [-0.4, -0.2) is 19.5 Å². The summed E-state index contributed by atoms with van der Waals surface area (Å²) < 4.78 is 2.13. The first-order chi connectivity index (χ1) is 10.0. The predicted molar refractivity (Wildman–Crippen MR) is 87.2 cm³/mol. The average Bonchev–Trinajstić information content (AvgIpc) is 2.97. The second-order valence-corrected chi connectivity index (χ2v) is 6.75. The normalized spacial score (nSPS) is 13.0. The number of halogens is 1. The van der Waals surface area contributed by atoms with Gasteiger partial charge in [-0.3, -0.25) is 0 Å². The summed E-state index contributed by atoms with van der Waals surface area (Å²) in [6, 6.07) is 2.18. The van der Waals surface area contributed by atoms with E-state index in [-0.39, 0.29) is 6.04 Å². The lowest BCUT2D eigenvalue weighted by Gasteiger charge is -2.15. The molecule has 1 unspecified atom stereocenters. The number of alkyl halides is 1. The Morgan fingerprint density at radius 1 is 1.29 bits per heavy atom. The molecule has 0 aliphatic rings. The highest BCUT2D eigenvalue weighted by atomic mass is 35.5. The Balaban J connectivity index is 2.20. The molecule has 0 aliphatic carbocycles. The van der Waals surface area contributed by atoms with Gasteiger partial charge in [0.2, 0.25) is 0 Å². The number of aryl methyl sites for hydroxylation is 3. The van der Waals surface area contributed by atoms with Crippen LogP contribution in [0.15, 0.2) is 12.3 Å². The van der Waals surface area contributed by atoms with Gasteiger partial charge in [-0.15, -0.1) is 22.9 Å². The Morgan fingerprint density at radius 2 is 2.05 bits per heavy atom. The second-order valence-electron chi connectivity index (χ2n) is 5.25. The molecule has 0 spiro atoms. The van der Waals surface area contributed by atoms with E-state index in [2.05, 4.69) is 26.4 Å². The summed E-state index contributed by atoms with van der Waals surface area (Å²) in [4.78, 5) is 14.9. The minimum atomic E-state index is 0.130. The third-order valence-electron chi connectivity index (χ3n) is 3.57. The Morgan fingerprint density at radius 3 is 2.67 bits per heavy atom. The minimum absolute atomic E-state index is 0.130. The lowest BCUT2D eigenvalue weighted by atomic mass is 10.2. The van der Waals surface area contributed by atoms with E-state index < -0.39 is 0 Å². The van der Waals surface area contributed by atoms with E-state index >= 15 is 0 Å². The molecule has 0 saturated carbocycles. The molecule has 0 bridgehead atoms. The number of nitrogens with zero attached hydrogens (tertiary/aromatic N) is 4. The SMILES string of the molecule is Cc1cnc2c(c1)nc(CCl)n2C(C)c1sc(C)nc1C. The van der Waals surface area contributed by atoms with Gasteiger partial charge < -0.3 is 4.57 Å². The smallest absolute Gasteiger partial charge is 0.160 e. The van der Waals surface area contributed by atoms with Gasteiger partial charge in [0.15, 0.2) is 5.65 Å². The van der Waals surface area contributed by atoms with Crippen LogP contribution in [0.4, 0.5) is 0 Å². The Hall–Kier alpha value is -1.46. The summed E-state index contributed by atoms with van der Waals surface area (Å²) in [6.07, 6.45) is 1.87. The molecule has 0 fully saturated rings. The van der Waals surface area contributed by atoms with Gasteiger partial charge in [-0.05, 0) is 39.3 Å². The van der Waals surface area contributed by atoms with Crippen molar-refractivity contribution in [1.29, 1.82) is 0 Å². The Kier molecular flexibility index (Phi) is 3.71. The van der Waals surface area contributed by atoms with Gasteiger partial charge in [0.05, 0.1) is 27.5 Å². The summed E-state index contributed by atoms with van der Waals surface area (Å²) in [6.45, 7) is 8.25. The van der Waals surface area contributed by atoms with E-state index in [0.29, 0.717) is 5.88 Å². The summed E-state index contributed by atoms with van der Waals surface area (Å²) in [7, 11) is 0. The summed E-state index contributed by atoms with van der Waals surface area (Å²) in [5.41, 5.74) is 3.95. The van der Waals surface area contributed by atoms with Crippen LogP contribution in [-0.2, 0) is 5.88 Å². The standard InChI is InChI=1S/C15H17ClN4S/c1-8-5-12-15(17-7-8)20(13(6-16)19-12)10(3)14-9(2)18-11(4)21-14/h5,7,10H,6H2,1-4H3. The molecule has 6 heteroatoms. The quantitative estimate of drug-likeness (QED) is 0.680. The van der Waals surface area contributed by atoms with Gasteiger partial charge in [0.1, 0.15) is 11.3 Å². The van der Waals surface area contributed by atoms with Crippen molar-refractivity contribution in [3.05, 3.63) is 39.2 Å². The van der Waals surface area contributed by atoms with Gasteiger partial charge in [0.25, 0.3) is 0 Å². The van der Waals surface area contributed by atoms with Crippen LogP contribution >= 0.6 is 22.9 Å². The van der Waals surface area contributed by atoms with E-state index in [4.69, 9.17) is 11.6 Å². The lowest BCUT2D eigenvalue weighted by Crippen LogP contribution is -2.10. The molecule has 0 aliphatic heterocycles. The molecule has 110 valence electrons. The number of thiazole rings is 1. The van der Waals surface area contributed by atoms with Crippen molar-refractivity contribution in [1.82, 2.24) is 19.5 Å². The molecular formula is C15H17ClN4S. The number of rotatable bonds is 3. The van der Waals surface area contributed by atoms with E-state index in [1.807, 2.05) is 33.0 Å². The summed E-state index contributed by atoms with van der Waals surface area (Å²) in [5, 5.41) is 1.08. The zero-order chi connectivity index (χ0) is 15.1. The number of imidazole rings is 1. The fourth-order valence-corrected chi connectivity index (χ4v) is 3.84. The molecule has 3 heterocycles. The van der Waals surface area contributed by atoms with Crippen LogP contribution in [0.1, 0.15) is 39.9 Å². The Bertz CT molecular complexity index is 805. The molecule has 21 heavy (non-hydrogen) atoms. The van der Waals surface area contributed by atoms with E-state index in [9.17, 15) is 0 Å². The largest absolute Gasteiger partial charge is 0.303 e. The van der Waals surface area contributed by atoms with Crippen LogP contribution in [0.25, 0.3) is 11.2 Å². The van der Waals surface area contributed by atoms with Crippen LogP contribution in [0, 0.1) is 20.8 Å². The van der Waals surface area contributed by atoms with Crippen LogP contribution in [0.2, 0.25) is 0 Å². The number of pyridine rings is 1. The zero-order valence-corrected chi connectivity index (χ0v) is 14.1. The van der Waals surface area contributed by atoms with Crippen molar-refractivity contribution in [3.63, 3.8) is 0 Å².